The summed E-state index contributed by atoms with van der Waals surface area (Å²) in [5.74, 6) is 0.421. The van der Waals surface area contributed by atoms with Gasteiger partial charge in [-0.05, 0) is 43.3 Å². The third-order valence-corrected chi connectivity index (χ3v) is 4.67. The number of aromatic nitrogens is 1. The summed E-state index contributed by atoms with van der Waals surface area (Å²) in [6, 6.07) is 15.7. The number of thiazole rings is 1. The Morgan fingerprint density at radius 3 is 2.26 bits per heavy atom. The van der Waals surface area contributed by atoms with Crippen LogP contribution in [0.1, 0.15) is 15.4 Å². The molecule has 1 aromatic heterocycles. The number of para-hydroxylation sites is 1. The Morgan fingerprint density at radius 1 is 0.926 bits per heavy atom. The van der Waals surface area contributed by atoms with Gasteiger partial charge in [0.1, 0.15) is 10.6 Å². The number of benzene rings is 2. The molecule has 3 aromatic rings. The quantitative estimate of drug-likeness (QED) is 0.611. The van der Waals surface area contributed by atoms with E-state index in [0.29, 0.717) is 32.8 Å². The largest absolute Gasteiger partial charge is 0.497 e. The fraction of sp³-hybridized carbons (Fsp3) is 0.105. The highest BCUT2D eigenvalue weighted by molar-refractivity contribution is 7.17. The van der Waals surface area contributed by atoms with Gasteiger partial charge in [0, 0.05) is 11.4 Å². The lowest BCUT2D eigenvalue weighted by Gasteiger charge is -2.05. The van der Waals surface area contributed by atoms with Gasteiger partial charge < -0.3 is 15.4 Å². The van der Waals surface area contributed by atoms with Crippen LogP contribution in [-0.2, 0) is 0 Å². The minimum Gasteiger partial charge on any atom is -0.497 e. The molecule has 0 radical (unpaired) electrons. The monoisotopic (exact) mass is 382 g/mol. The van der Waals surface area contributed by atoms with E-state index in [1.165, 1.54) is 0 Å². The maximum Gasteiger partial charge on any atom is 0.325 e. The summed E-state index contributed by atoms with van der Waals surface area (Å²) in [5, 5.41) is 8.50. The minimum absolute atomic E-state index is 0.285. The van der Waals surface area contributed by atoms with Gasteiger partial charge in [-0.1, -0.05) is 29.5 Å². The number of nitrogens with zero attached hydrogens (tertiary/aromatic N) is 1. The number of hydrogen-bond donors (Lipinski definition) is 3. The van der Waals surface area contributed by atoms with Crippen LogP contribution in [0.2, 0.25) is 0 Å². The molecule has 0 fully saturated rings. The number of carbonyl (C=O) groups is 2. The molecule has 0 bridgehead atoms. The number of carbonyl (C=O) groups excluding carboxylic acids is 2. The smallest absolute Gasteiger partial charge is 0.325 e. The van der Waals surface area contributed by atoms with Gasteiger partial charge in [0.25, 0.3) is 5.91 Å². The zero-order valence-corrected chi connectivity index (χ0v) is 15.6. The van der Waals surface area contributed by atoms with Crippen LogP contribution in [0.4, 0.5) is 21.3 Å². The predicted molar refractivity (Wildman–Crippen MR) is 107 cm³/mol. The molecule has 0 spiro atoms. The number of amides is 3. The Morgan fingerprint density at radius 2 is 1.59 bits per heavy atom. The van der Waals surface area contributed by atoms with Crippen molar-refractivity contribution in [1.29, 1.82) is 0 Å². The van der Waals surface area contributed by atoms with Crippen molar-refractivity contribution in [2.24, 2.45) is 0 Å². The SMILES string of the molecule is COc1ccc(NC(=O)c2sc(NC(=O)Nc3ccccc3)nc2C)cc1. The van der Waals surface area contributed by atoms with E-state index < -0.39 is 6.03 Å². The first kappa shape index (κ1) is 18.4. The van der Waals surface area contributed by atoms with Crippen molar-refractivity contribution < 1.29 is 14.3 Å². The van der Waals surface area contributed by atoms with Crippen LogP contribution >= 0.6 is 11.3 Å². The molecule has 0 atom stereocenters. The molecule has 27 heavy (non-hydrogen) atoms. The standard InChI is InChI=1S/C19H18N4O3S/c1-12-16(17(24)21-14-8-10-15(26-2)11-9-14)27-19(20-12)23-18(25)22-13-6-4-3-5-7-13/h3-11H,1-2H3,(H,21,24)(H2,20,22,23,25). The van der Waals surface area contributed by atoms with Gasteiger partial charge >= 0.3 is 6.03 Å². The lowest BCUT2D eigenvalue weighted by molar-refractivity contribution is 0.102. The van der Waals surface area contributed by atoms with Crippen molar-refractivity contribution in [1.82, 2.24) is 4.98 Å². The van der Waals surface area contributed by atoms with Gasteiger partial charge in [0.15, 0.2) is 5.13 Å². The Balaban J connectivity index is 1.64. The van der Waals surface area contributed by atoms with Crippen molar-refractivity contribution in [2.75, 3.05) is 23.1 Å². The van der Waals surface area contributed by atoms with E-state index in [9.17, 15) is 9.59 Å². The van der Waals surface area contributed by atoms with Crippen LogP contribution < -0.4 is 20.7 Å². The van der Waals surface area contributed by atoms with E-state index in [-0.39, 0.29) is 5.91 Å². The Bertz CT molecular complexity index is 939. The summed E-state index contributed by atoms with van der Waals surface area (Å²) >= 11 is 1.11. The summed E-state index contributed by atoms with van der Waals surface area (Å²) in [5.41, 5.74) is 1.85. The number of methoxy groups -OCH3 is 1. The molecule has 8 heteroatoms. The number of ether oxygens (including phenoxy) is 1. The molecule has 0 unspecified atom stereocenters. The molecule has 0 aliphatic carbocycles. The lowest BCUT2D eigenvalue weighted by Crippen LogP contribution is -2.19. The molecule has 3 amide bonds. The molecule has 2 aromatic carbocycles. The van der Waals surface area contributed by atoms with Crippen molar-refractivity contribution >= 4 is 39.8 Å². The second-order valence-electron chi connectivity index (χ2n) is 5.56. The minimum atomic E-state index is -0.419. The summed E-state index contributed by atoms with van der Waals surface area (Å²) in [7, 11) is 1.58. The molecule has 0 aliphatic rings. The number of hydrogen-bond acceptors (Lipinski definition) is 5. The first-order valence-electron chi connectivity index (χ1n) is 8.11. The van der Waals surface area contributed by atoms with Crippen LogP contribution in [0.15, 0.2) is 54.6 Å². The maximum atomic E-state index is 12.5. The van der Waals surface area contributed by atoms with E-state index in [2.05, 4.69) is 20.9 Å². The zero-order chi connectivity index (χ0) is 19.2. The fourth-order valence-electron chi connectivity index (χ4n) is 2.30. The fourth-order valence-corrected chi connectivity index (χ4v) is 3.16. The number of aryl methyl sites for hydroxylation is 1. The average molecular weight is 382 g/mol. The lowest BCUT2D eigenvalue weighted by atomic mass is 10.3. The molecular formula is C19H18N4O3S. The van der Waals surface area contributed by atoms with Crippen molar-refractivity contribution in [2.45, 2.75) is 6.92 Å². The molecule has 1 heterocycles. The van der Waals surface area contributed by atoms with Crippen molar-refractivity contribution in [3.05, 3.63) is 65.2 Å². The maximum absolute atomic E-state index is 12.5. The Hall–Kier alpha value is -3.39. The average Bonchev–Trinajstić information content (AvgIpc) is 3.03. The van der Waals surface area contributed by atoms with Crippen LogP contribution in [0, 0.1) is 6.92 Å². The van der Waals surface area contributed by atoms with Crippen molar-refractivity contribution in [3.8, 4) is 5.75 Å². The van der Waals surface area contributed by atoms with Crippen LogP contribution in [0.5, 0.6) is 5.75 Å². The summed E-state index contributed by atoms with van der Waals surface area (Å²) in [4.78, 5) is 29.2. The van der Waals surface area contributed by atoms with Crippen LogP contribution in [0.25, 0.3) is 0 Å². The second kappa shape index (κ2) is 8.33. The third kappa shape index (κ3) is 4.83. The second-order valence-corrected chi connectivity index (χ2v) is 6.56. The summed E-state index contributed by atoms with van der Waals surface area (Å²) < 4.78 is 5.09. The van der Waals surface area contributed by atoms with Gasteiger partial charge in [-0.15, -0.1) is 0 Å². The molecule has 138 valence electrons. The predicted octanol–water partition coefficient (Wildman–Crippen LogP) is 4.36. The van der Waals surface area contributed by atoms with Gasteiger partial charge in [-0.25, -0.2) is 9.78 Å². The Kier molecular flexibility index (Phi) is 5.68. The van der Waals surface area contributed by atoms with Gasteiger partial charge in [-0.3, -0.25) is 10.1 Å². The van der Waals surface area contributed by atoms with E-state index in [1.807, 2.05) is 18.2 Å². The topological polar surface area (TPSA) is 92.4 Å². The van der Waals surface area contributed by atoms with Crippen LogP contribution in [-0.4, -0.2) is 24.0 Å². The van der Waals surface area contributed by atoms with Crippen LogP contribution in [0.3, 0.4) is 0 Å². The highest BCUT2D eigenvalue weighted by atomic mass is 32.1. The normalized spacial score (nSPS) is 10.1. The van der Waals surface area contributed by atoms with E-state index in [4.69, 9.17) is 4.74 Å². The third-order valence-electron chi connectivity index (χ3n) is 3.60. The van der Waals surface area contributed by atoms with Gasteiger partial charge in [0.05, 0.1) is 12.8 Å². The van der Waals surface area contributed by atoms with E-state index in [0.717, 1.165) is 11.3 Å². The molecule has 0 saturated carbocycles. The number of nitrogens with one attached hydrogen (secondary N) is 3. The zero-order valence-electron chi connectivity index (χ0n) is 14.8. The Labute approximate surface area is 160 Å². The molecule has 3 N–H and O–H groups in total. The van der Waals surface area contributed by atoms with Gasteiger partial charge in [-0.2, -0.15) is 0 Å². The summed E-state index contributed by atoms with van der Waals surface area (Å²) in [6.45, 7) is 1.72. The summed E-state index contributed by atoms with van der Waals surface area (Å²) in [6.07, 6.45) is 0. The molecule has 0 saturated heterocycles. The highest BCUT2D eigenvalue weighted by Crippen LogP contribution is 2.24. The molecule has 0 aliphatic heterocycles. The molecular weight excluding hydrogens is 364 g/mol. The number of rotatable bonds is 5. The van der Waals surface area contributed by atoms with Crippen molar-refractivity contribution in [3.63, 3.8) is 0 Å². The first-order valence-corrected chi connectivity index (χ1v) is 8.92. The molecule has 7 nitrogen and oxygen atoms in total. The number of anilines is 3. The highest BCUT2D eigenvalue weighted by Gasteiger charge is 2.17. The first-order chi connectivity index (χ1) is 13.0. The van der Waals surface area contributed by atoms with Gasteiger partial charge in [0.2, 0.25) is 0 Å². The number of urea groups is 1. The van der Waals surface area contributed by atoms with E-state index in [1.54, 1.807) is 50.4 Å². The molecule has 3 rings (SSSR count). The van der Waals surface area contributed by atoms with E-state index >= 15 is 0 Å².